The van der Waals surface area contributed by atoms with Gasteiger partial charge in [-0.2, -0.15) is 5.26 Å². The summed E-state index contributed by atoms with van der Waals surface area (Å²) in [7, 11) is 0. The molecule has 1 aromatic carbocycles. The molecule has 90 valence electrons. The van der Waals surface area contributed by atoms with Crippen LogP contribution >= 0.6 is 11.6 Å². The van der Waals surface area contributed by atoms with Crippen molar-refractivity contribution in [3.05, 3.63) is 34.6 Å². The van der Waals surface area contributed by atoms with Crippen LogP contribution in [0.25, 0.3) is 0 Å². The molecule has 0 aliphatic heterocycles. The number of alkyl halides is 1. The zero-order valence-corrected chi connectivity index (χ0v) is 10.1. The summed E-state index contributed by atoms with van der Waals surface area (Å²) >= 11 is 5.54. The summed E-state index contributed by atoms with van der Waals surface area (Å²) < 4.78 is 18.3. The maximum absolute atomic E-state index is 13.5. The van der Waals surface area contributed by atoms with Crippen LogP contribution < -0.4 is 0 Å². The average Bonchev–Trinajstić information content (AvgIpc) is 2.28. The smallest absolute Gasteiger partial charge is 0.310 e. The molecular weight excluding hydrogens is 245 g/mol. The Morgan fingerprint density at radius 1 is 1.59 bits per heavy atom. The molecule has 0 bridgehead atoms. The fourth-order valence-corrected chi connectivity index (χ4v) is 1.68. The van der Waals surface area contributed by atoms with Crippen molar-refractivity contribution in [2.45, 2.75) is 19.2 Å². The number of hydrogen-bond acceptors (Lipinski definition) is 3. The SMILES string of the molecule is CCOC(=O)Cc1cc(F)c(CCl)c(C#N)c1. The molecule has 3 nitrogen and oxygen atoms in total. The minimum atomic E-state index is -0.571. The van der Waals surface area contributed by atoms with E-state index >= 15 is 0 Å². The maximum Gasteiger partial charge on any atom is 0.310 e. The lowest BCUT2D eigenvalue weighted by Crippen LogP contribution is -2.08. The minimum absolute atomic E-state index is 0.0536. The number of carbonyl (C=O) groups excluding carboxylic acids is 1. The maximum atomic E-state index is 13.5. The van der Waals surface area contributed by atoms with Gasteiger partial charge in [0.05, 0.1) is 30.5 Å². The number of benzene rings is 1. The van der Waals surface area contributed by atoms with E-state index in [4.69, 9.17) is 21.6 Å². The van der Waals surface area contributed by atoms with Crippen molar-refractivity contribution in [1.29, 1.82) is 5.26 Å². The van der Waals surface area contributed by atoms with E-state index in [1.54, 1.807) is 6.92 Å². The molecule has 0 unspecified atom stereocenters. The van der Waals surface area contributed by atoms with Gasteiger partial charge in [0.1, 0.15) is 5.82 Å². The van der Waals surface area contributed by atoms with E-state index in [2.05, 4.69) is 0 Å². The number of ether oxygens (including phenoxy) is 1. The summed E-state index contributed by atoms with van der Waals surface area (Å²) in [6, 6.07) is 4.52. The molecular formula is C12H11ClFNO2. The molecule has 0 N–H and O–H groups in total. The Hall–Kier alpha value is -1.60. The number of halogens is 2. The Bertz CT molecular complexity index is 468. The molecule has 0 aromatic heterocycles. The van der Waals surface area contributed by atoms with Crippen molar-refractivity contribution in [1.82, 2.24) is 0 Å². The van der Waals surface area contributed by atoms with Crippen molar-refractivity contribution in [3.8, 4) is 6.07 Å². The average molecular weight is 256 g/mol. The molecule has 0 amide bonds. The van der Waals surface area contributed by atoms with E-state index in [1.165, 1.54) is 12.1 Å². The van der Waals surface area contributed by atoms with Gasteiger partial charge in [-0.1, -0.05) is 0 Å². The highest BCUT2D eigenvalue weighted by Gasteiger charge is 2.12. The fraction of sp³-hybridized carbons (Fsp3) is 0.333. The Morgan fingerprint density at radius 2 is 2.29 bits per heavy atom. The van der Waals surface area contributed by atoms with Crippen LogP contribution in [0, 0.1) is 17.1 Å². The predicted molar refractivity (Wildman–Crippen MR) is 61.0 cm³/mol. The van der Waals surface area contributed by atoms with E-state index in [9.17, 15) is 9.18 Å². The zero-order valence-electron chi connectivity index (χ0n) is 9.30. The number of esters is 1. The number of nitrogens with zero attached hydrogens (tertiary/aromatic N) is 1. The Morgan fingerprint density at radius 3 is 2.82 bits per heavy atom. The highest BCUT2D eigenvalue weighted by molar-refractivity contribution is 6.17. The lowest BCUT2D eigenvalue weighted by atomic mass is 10.0. The van der Waals surface area contributed by atoms with E-state index in [0.717, 1.165) is 0 Å². The monoisotopic (exact) mass is 255 g/mol. The molecule has 5 heteroatoms. The van der Waals surface area contributed by atoms with Crippen LogP contribution in [0.2, 0.25) is 0 Å². The van der Waals surface area contributed by atoms with Gasteiger partial charge in [0.25, 0.3) is 0 Å². The van der Waals surface area contributed by atoms with Gasteiger partial charge < -0.3 is 4.74 Å². The number of nitriles is 1. The van der Waals surface area contributed by atoms with E-state index in [1.807, 2.05) is 6.07 Å². The van der Waals surface area contributed by atoms with Gasteiger partial charge in [-0.3, -0.25) is 4.79 Å². The Kier molecular flexibility index (Phi) is 4.92. The van der Waals surface area contributed by atoms with Crippen LogP contribution in [0.5, 0.6) is 0 Å². The van der Waals surface area contributed by atoms with Gasteiger partial charge >= 0.3 is 5.97 Å². The molecule has 0 heterocycles. The summed E-state index contributed by atoms with van der Waals surface area (Å²) in [5, 5.41) is 8.84. The van der Waals surface area contributed by atoms with E-state index < -0.39 is 11.8 Å². The number of rotatable bonds is 4. The third-order valence-electron chi connectivity index (χ3n) is 2.16. The molecule has 17 heavy (non-hydrogen) atoms. The standard InChI is InChI=1S/C12H11ClFNO2/c1-2-17-12(16)5-8-3-9(7-15)10(6-13)11(14)4-8/h3-4H,2,5-6H2,1H3. The van der Waals surface area contributed by atoms with Crippen LogP contribution in [-0.2, 0) is 21.8 Å². The Balaban J connectivity index is 3.00. The molecule has 0 aliphatic carbocycles. The quantitative estimate of drug-likeness (QED) is 0.614. The summed E-state index contributed by atoms with van der Waals surface area (Å²) in [6.07, 6.45) is -0.0536. The minimum Gasteiger partial charge on any atom is -0.466 e. The summed E-state index contributed by atoms with van der Waals surface area (Å²) in [5.74, 6) is -1.10. The van der Waals surface area contributed by atoms with Crippen molar-refractivity contribution in [2.75, 3.05) is 6.61 Å². The predicted octanol–water partition coefficient (Wildman–Crippen LogP) is 2.54. The van der Waals surface area contributed by atoms with Crippen LogP contribution in [-0.4, -0.2) is 12.6 Å². The fourth-order valence-electron chi connectivity index (χ4n) is 1.41. The summed E-state index contributed by atoms with van der Waals surface area (Å²) in [6.45, 7) is 1.96. The van der Waals surface area contributed by atoms with Gasteiger partial charge in [-0.25, -0.2) is 4.39 Å². The Labute approximate surface area is 104 Å². The van der Waals surface area contributed by atoms with Crippen LogP contribution in [0.3, 0.4) is 0 Å². The lowest BCUT2D eigenvalue weighted by molar-refractivity contribution is -0.142. The summed E-state index contributed by atoms with van der Waals surface area (Å²) in [5.41, 5.74) is 0.715. The topological polar surface area (TPSA) is 50.1 Å². The molecule has 0 atom stereocenters. The van der Waals surface area contributed by atoms with E-state index in [0.29, 0.717) is 5.56 Å². The highest BCUT2D eigenvalue weighted by atomic mass is 35.5. The normalized spacial score (nSPS) is 9.76. The molecule has 0 fully saturated rings. The number of hydrogen-bond donors (Lipinski definition) is 0. The third kappa shape index (κ3) is 3.43. The lowest BCUT2D eigenvalue weighted by Gasteiger charge is -2.06. The highest BCUT2D eigenvalue weighted by Crippen LogP contribution is 2.18. The first-order chi connectivity index (χ1) is 8.12. The number of carbonyl (C=O) groups is 1. The molecule has 0 saturated heterocycles. The van der Waals surface area contributed by atoms with Gasteiger partial charge in [0.15, 0.2) is 0 Å². The molecule has 0 aliphatic rings. The second-order valence-corrected chi connectivity index (χ2v) is 3.60. The van der Waals surface area contributed by atoms with Gasteiger partial charge in [-0.05, 0) is 24.6 Å². The van der Waals surface area contributed by atoms with Crippen LogP contribution in [0.15, 0.2) is 12.1 Å². The van der Waals surface area contributed by atoms with Crippen LogP contribution in [0.4, 0.5) is 4.39 Å². The third-order valence-corrected chi connectivity index (χ3v) is 2.43. The second-order valence-electron chi connectivity index (χ2n) is 3.33. The van der Waals surface area contributed by atoms with Gasteiger partial charge in [0.2, 0.25) is 0 Å². The van der Waals surface area contributed by atoms with Gasteiger partial charge in [-0.15, -0.1) is 11.6 Å². The zero-order chi connectivity index (χ0) is 12.8. The second kappa shape index (κ2) is 6.21. The first kappa shape index (κ1) is 13.5. The molecule has 1 rings (SSSR count). The molecule has 1 aromatic rings. The first-order valence-electron chi connectivity index (χ1n) is 5.05. The van der Waals surface area contributed by atoms with Crippen molar-refractivity contribution < 1.29 is 13.9 Å². The van der Waals surface area contributed by atoms with Gasteiger partial charge in [0, 0.05) is 5.56 Å². The van der Waals surface area contributed by atoms with Crippen molar-refractivity contribution >= 4 is 17.6 Å². The van der Waals surface area contributed by atoms with Crippen LogP contribution in [0.1, 0.15) is 23.6 Å². The first-order valence-corrected chi connectivity index (χ1v) is 5.58. The molecule has 0 saturated carbocycles. The van der Waals surface area contributed by atoms with Crippen molar-refractivity contribution in [3.63, 3.8) is 0 Å². The summed E-state index contributed by atoms with van der Waals surface area (Å²) in [4.78, 5) is 11.2. The van der Waals surface area contributed by atoms with E-state index in [-0.39, 0.29) is 30.0 Å². The van der Waals surface area contributed by atoms with Crippen molar-refractivity contribution in [2.24, 2.45) is 0 Å². The largest absolute Gasteiger partial charge is 0.466 e. The molecule has 0 radical (unpaired) electrons. The molecule has 0 spiro atoms.